The highest BCUT2D eigenvalue weighted by Gasteiger charge is 2.41. The number of alkyl halides is 6. The Hall–Kier alpha value is -2.86. The topological polar surface area (TPSA) is 72.2 Å². The molecule has 0 radical (unpaired) electrons. The molecule has 3 atom stereocenters. The highest BCUT2D eigenvalue weighted by atomic mass is 19.4. The number of pyridine rings is 1. The quantitative estimate of drug-likeness (QED) is 0.441. The van der Waals surface area contributed by atoms with Crippen LogP contribution < -0.4 is 10.1 Å². The summed E-state index contributed by atoms with van der Waals surface area (Å²) in [6, 6.07) is 3.43. The van der Waals surface area contributed by atoms with Gasteiger partial charge in [0.05, 0.1) is 22.9 Å². The number of aromatic nitrogens is 3. The summed E-state index contributed by atoms with van der Waals surface area (Å²) >= 11 is 0. The zero-order valence-corrected chi connectivity index (χ0v) is 19.8. The van der Waals surface area contributed by atoms with Gasteiger partial charge in [0.25, 0.3) is 0 Å². The molecule has 1 aliphatic rings. The summed E-state index contributed by atoms with van der Waals surface area (Å²) in [5.74, 6) is -0.00195. The maximum atomic E-state index is 13.8. The summed E-state index contributed by atoms with van der Waals surface area (Å²) in [5, 5.41) is 18.8. The van der Waals surface area contributed by atoms with Crippen molar-refractivity contribution in [1.29, 1.82) is 0 Å². The first-order valence-corrected chi connectivity index (χ1v) is 11.4. The minimum absolute atomic E-state index is 0.00195. The number of aliphatic hydroxyl groups is 1. The molecule has 1 fully saturated rings. The number of rotatable bonds is 5. The number of fused-ring (bicyclic) bond motifs is 1. The highest BCUT2D eigenvalue weighted by molar-refractivity contribution is 5.84. The third-order valence-corrected chi connectivity index (χ3v) is 6.25. The van der Waals surface area contributed by atoms with E-state index in [0.29, 0.717) is 0 Å². The summed E-state index contributed by atoms with van der Waals surface area (Å²) in [6.45, 7) is 5.20. The van der Waals surface area contributed by atoms with E-state index in [1.165, 1.54) is 23.0 Å². The minimum atomic E-state index is -4.63. The van der Waals surface area contributed by atoms with Crippen LogP contribution in [0.5, 0.6) is 5.75 Å². The summed E-state index contributed by atoms with van der Waals surface area (Å²) in [5.41, 5.74) is -3.20. The first kappa shape index (κ1) is 26.2. The van der Waals surface area contributed by atoms with Gasteiger partial charge in [-0.3, -0.25) is 9.67 Å². The second-order valence-corrected chi connectivity index (χ2v) is 9.53. The largest absolute Gasteiger partial charge is 0.492 e. The Balaban J connectivity index is 1.55. The molecule has 0 saturated carbocycles. The fourth-order valence-electron chi connectivity index (χ4n) is 4.75. The molecule has 0 amide bonds. The first-order chi connectivity index (χ1) is 16.7. The number of benzene rings is 1. The maximum Gasteiger partial charge on any atom is 0.433 e. The molecule has 1 aromatic carbocycles. The molecule has 196 valence electrons. The van der Waals surface area contributed by atoms with Crippen LogP contribution in [0.25, 0.3) is 10.9 Å². The number of halogens is 6. The van der Waals surface area contributed by atoms with Crippen LogP contribution in [0.1, 0.15) is 56.5 Å². The third-order valence-electron chi connectivity index (χ3n) is 6.25. The zero-order chi connectivity index (χ0) is 26.5. The van der Waals surface area contributed by atoms with E-state index in [-0.39, 0.29) is 53.7 Å². The Bertz CT molecular complexity index is 1220. The van der Waals surface area contributed by atoms with Gasteiger partial charge in [-0.05, 0) is 51.8 Å². The van der Waals surface area contributed by atoms with Gasteiger partial charge in [-0.2, -0.15) is 31.4 Å². The number of nitrogens with one attached hydrogen (secondary N) is 1. The molecule has 0 spiro atoms. The lowest BCUT2D eigenvalue weighted by Gasteiger charge is -2.41. The first-order valence-electron chi connectivity index (χ1n) is 11.4. The predicted molar refractivity (Wildman–Crippen MR) is 119 cm³/mol. The van der Waals surface area contributed by atoms with Crippen molar-refractivity contribution in [3.8, 4) is 5.75 Å². The Kier molecular flexibility index (Phi) is 6.71. The van der Waals surface area contributed by atoms with E-state index >= 15 is 0 Å². The summed E-state index contributed by atoms with van der Waals surface area (Å²) in [6.07, 6.45) is -6.57. The van der Waals surface area contributed by atoms with Gasteiger partial charge in [-0.15, -0.1) is 0 Å². The van der Waals surface area contributed by atoms with Crippen LogP contribution in [0.3, 0.4) is 0 Å². The van der Waals surface area contributed by atoms with Crippen LogP contribution in [0, 0.1) is 0 Å². The molecular weight excluding hydrogens is 490 g/mol. The SMILES string of the molecule is CC1CC(O)(c2ccc(C(F)(F)F)nc2)CC(COc2cc(C(F)(F)F)c3c(cnn3C(C)C)c2)N1. The smallest absolute Gasteiger partial charge is 0.433 e. The molecule has 1 aliphatic heterocycles. The van der Waals surface area contributed by atoms with Crippen LogP contribution in [-0.4, -0.2) is 38.6 Å². The lowest BCUT2D eigenvalue weighted by Crippen LogP contribution is -2.53. The average molecular weight is 516 g/mol. The van der Waals surface area contributed by atoms with E-state index in [1.54, 1.807) is 20.8 Å². The van der Waals surface area contributed by atoms with Crippen LogP contribution in [0.4, 0.5) is 26.3 Å². The van der Waals surface area contributed by atoms with Crippen LogP contribution in [0.2, 0.25) is 0 Å². The van der Waals surface area contributed by atoms with Gasteiger partial charge >= 0.3 is 12.4 Å². The normalized spacial score (nSPS) is 23.4. The van der Waals surface area contributed by atoms with Gasteiger partial charge < -0.3 is 15.2 Å². The summed E-state index contributed by atoms with van der Waals surface area (Å²) < 4.78 is 87.1. The number of ether oxygens (including phenoxy) is 1. The van der Waals surface area contributed by atoms with Gasteiger partial charge in [0.2, 0.25) is 0 Å². The van der Waals surface area contributed by atoms with Crippen molar-refractivity contribution in [1.82, 2.24) is 20.1 Å². The Morgan fingerprint density at radius 1 is 1.11 bits per heavy atom. The van der Waals surface area contributed by atoms with Crippen molar-refractivity contribution in [2.75, 3.05) is 6.61 Å². The molecule has 2 aromatic heterocycles. The number of nitrogens with zero attached hydrogens (tertiary/aromatic N) is 3. The van der Waals surface area contributed by atoms with Crippen LogP contribution in [-0.2, 0) is 18.0 Å². The van der Waals surface area contributed by atoms with Crippen molar-refractivity contribution in [2.24, 2.45) is 0 Å². The standard InChI is InChI=1S/C24H26F6N4O2/c1-13(2)34-21-15(10-32-34)6-18(7-19(21)23(25,26)27)36-12-17-9-22(35,8-14(3)33-17)16-4-5-20(31-11-16)24(28,29)30/h4-7,10-11,13-14,17,33,35H,8-9,12H2,1-3H3. The van der Waals surface area contributed by atoms with Crippen molar-refractivity contribution < 1.29 is 36.2 Å². The van der Waals surface area contributed by atoms with E-state index in [0.717, 1.165) is 18.3 Å². The fraction of sp³-hybridized carbons (Fsp3) is 0.500. The van der Waals surface area contributed by atoms with Crippen molar-refractivity contribution >= 4 is 10.9 Å². The molecule has 36 heavy (non-hydrogen) atoms. The van der Waals surface area contributed by atoms with Gasteiger partial charge in [0.15, 0.2) is 0 Å². The molecule has 1 saturated heterocycles. The second-order valence-electron chi connectivity index (χ2n) is 9.53. The van der Waals surface area contributed by atoms with E-state index < -0.39 is 35.3 Å². The molecule has 3 heterocycles. The molecule has 3 aromatic rings. The monoisotopic (exact) mass is 516 g/mol. The molecule has 0 aliphatic carbocycles. The van der Waals surface area contributed by atoms with E-state index in [1.807, 2.05) is 0 Å². The Labute approximate surface area is 203 Å². The second kappa shape index (κ2) is 9.22. The third kappa shape index (κ3) is 5.29. The minimum Gasteiger partial charge on any atom is -0.492 e. The van der Waals surface area contributed by atoms with Crippen molar-refractivity contribution in [2.45, 2.75) is 69.7 Å². The molecule has 3 unspecified atom stereocenters. The fourth-order valence-corrected chi connectivity index (χ4v) is 4.75. The number of piperidine rings is 1. The molecule has 4 rings (SSSR count). The number of hydrogen-bond acceptors (Lipinski definition) is 5. The molecule has 0 bridgehead atoms. The van der Waals surface area contributed by atoms with Crippen LogP contribution >= 0.6 is 0 Å². The van der Waals surface area contributed by atoms with Crippen molar-refractivity contribution in [3.63, 3.8) is 0 Å². The summed E-state index contributed by atoms with van der Waals surface area (Å²) in [4.78, 5) is 3.44. The lowest BCUT2D eigenvalue weighted by molar-refractivity contribution is -0.141. The molecular formula is C24H26F6N4O2. The van der Waals surface area contributed by atoms with Gasteiger partial charge in [0, 0.05) is 35.3 Å². The lowest BCUT2D eigenvalue weighted by atomic mass is 9.79. The molecule has 12 heteroatoms. The highest BCUT2D eigenvalue weighted by Crippen LogP contribution is 2.39. The van der Waals surface area contributed by atoms with Gasteiger partial charge in [-0.1, -0.05) is 6.07 Å². The predicted octanol–water partition coefficient (Wildman–Crippen LogP) is 5.46. The van der Waals surface area contributed by atoms with Gasteiger partial charge in [-0.25, -0.2) is 0 Å². The van der Waals surface area contributed by atoms with E-state index in [2.05, 4.69) is 15.4 Å². The van der Waals surface area contributed by atoms with Crippen LogP contribution in [0.15, 0.2) is 36.7 Å². The molecule has 6 nitrogen and oxygen atoms in total. The van der Waals surface area contributed by atoms with Crippen molar-refractivity contribution in [3.05, 3.63) is 53.5 Å². The Morgan fingerprint density at radius 3 is 2.42 bits per heavy atom. The summed E-state index contributed by atoms with van der Waals surface area (Å²) in [7, 11) is 0. The number of hydrogen-bond donors (Lipinski definition) is 2. The molecule has 2 N–H and O–H groups in total. The zero-order valence-electron chi connectivity index (χ0n) is 19.8. The Morgan fingerprint density at radius 2 is 1.83 bits per heavy atom. The van der Waals surface area contributed by atoms with E-state index in [9.17, 15) is 31.4 Å². The van der Waals surface area contributed by atoms with E-state index in [4.69, 9.17) is 4.74 Å². The van der Waals surface area contributed by atoms with Gasteiger partial charge in [0.1, 0.15) is 18.1 Å². The average Bonchev–Trinajstić information content (AvgIpc) is 3.19. The maximum absolute atomic E-state index is 13.8.